The zero-order chi connectivity index (χ0) is 29.2. The number of aromatic amines is 2. The third-order valence-corrected chi connectivity index (χ3v) is 8.08. The molecule has 0 spiro atoms. The Kier molecular flexibility index (Phi) is 7.80. The molecule has 42 heavy (non-hydrogen) atoms. The molecule has 6 rings (SSSR count). The van der Waals surface area contributed by atoms with Crippen molar-refractivity contribution in [1.29, 1.82) is 0 Å². The van der Waals surface area contributed by atoms with E-state index in [0.29, 0.717) is 40.4 Å². The summed E-state index contributed by atoms with van der Waals surface area (Å²) in [5.74, 6) is 0.903. The van der Waals surface area contributed by atoms with Gasteiger partial charge >= 0.3 is 0 Å². The lowest BCUT2D eigenvalue weighted by molar-refractivity contribution is -0.119. The number of benzene rings is 2. The summed E-state index contributed by atoms with van der Waals surface area (Å²) >= 11 is 0. The number of imidazole rings is 1. The monoisotopic (exact) mass is 568 g/mol. The van der Waals surface area contributed by atoms with Gasteiger partial charge in [-0.15, -0.1) is 0 Å². The minimum Gasteiger partial charge on any atom is -0.485 e. The summed E-state index contributed by atoms with van der Waals surface area (Å²) in [6.07, 6.45) is 5.03. The summed E-state index contributed by atoms with van der Waals surface area (Å²) < 4.78 is 5.71. The number of Topliss-reactive ketones (excluding diaryl/α,β-unsaturated/α-hetero) is 1. The lowest BCUT2D eigenvalue weighted by atomic mass is 10.1. The van der Waals surface area contributed by atoms with Crippen molar-refractivity contribution in [3.63, 3.8) is 0 Å². The Morgan fingerprint density at radius 1 is 1.07 bits per heavy atom. The number of carbonyl (C=O) groups excluding carboxylic acids is 2. The summed E-state index contributed by atoms with van der Waals surface area (Å²) in [7, 11) is 0. The number of H-pyrrole nitrogens is 2. The van der Waals surface area contributed by atoms with E-state index in [1.807, 2.05) is 49.1 Å². The number of aryl methyl sites for hydroxylation is 2. The Hall–Kier alpha value is -4.44. The second-order valence-electron chi connectivity index (χ2n) is 11.3. The largest absolute Gasteiger partial charge is 0.485 e. The van der Waals surface area contributed by atoms with Crippen LogP contribution >= 0.6 is 0 Å². The molecule has 0 unspecified atom stereocenters. The number of rotatable bonds is 11. The maximum atomic E-state index is 13.1. The molecule has 0 bridgehead atoms. The van der Waals surface area contributed by atoms with Gasteiger partial charge in [0, 0.05) is 24.8 Å². The van der Waals surface area contributed by atoms with E-state index in [0.717, 1.165) is 54.8 Å². The van der Waals surface area contributed by atoms with Gasteiger partial charge in [-0.25, -0.2) is 4.98 Å². The highest BCUT2D eigenvalue weighted by atomic mass is 16.5. The average molecular weight is 569 g/mol. The van der Waals surface area contributed by atoms with Gasteiger partial charge in [0.1, 0.15) is 23.7 Å². The highest BCUT2D eigenvalue weighted by Crippen LogP contribution is 2.30. The van der Waals surface area contributed by atoms with Crippen molar-refractivity contribution in [3.8, 4) is 17.1 Å². The zero-order valence-electron chi connectivity index (χ0n) is 24.1. The number of anilines is 1. The van der Waals surface area contributed by atoms with Crippen molar-refractivity contribution in [3.05, 3.63) is 75.2 Å². The number of pyridine rings is 1. The molecule has 10 heteroatoms. The highest BCUT2D eigenvalue weighted by Gasteiger charge is 2.28. The summed E-state index contributed by atoms with van der Waals surface area (Å²) in [5, 5.41) is 3.08. The molecule has 218 valence electrons. The molecule has 3 N–H and O–H groups in total. The first-order chi connectivity index (χ1) is 20.4. The molecule has 2 aromatic carbocycles. The van der Waals surface area contributed by atoms with Crippen molar-refractivity contribution < 1.29 is 14.3 Å². The molecule has 2 aromatic heterocycles. The van der Waals surface area contributed by atoms with E-state index in [9.17, 15) is 14.4 Å². The minimum atomic E-state index is -0.342. The highest BCUT2D eigenvalue weighted by molar-refractivity contribution is 6.02. The number of nitrogens with one attached hydrogen (secondary N) is 3. The van der Waals surface area contributed by atoms with Crippen molar-refractivity contribution in [2.45, 2.75) is 39.7 Å². The van der Waals surface area contributed by atoms with Gasteiger partial charge in [-0.05, 0) is 88.1 Å². The van der Waals surface area contributed by atoms with E-state index in [1.54, 1.807) is 6.07 Å². The molecular formula is C32H36N6O4. The first-order valence-electron chi connectivity index (χ1n) is 14.6. The fourth-order valence-corrected chi connectivity index (χ4v) is 5.90. The normalized spacial score (nSPS) is 15.0. The van der Waals surface area contributed by atoms with E-state index in [-0.39, 0.29) is 30.4 Å². The van der Waals surface area contributed by atoms with Crippen LogP contribution in [0.1, 0.15) is 46.3 Å². The lowest BCUT2D eigenvalue weighted by Crippen LogP contribution is -2.29. The summed E-state index contributed by atoms with van der Waals surface area (Å²) in [6, 6.07) is 11.3. The smallest absolute Gasteiger partial charge is 0.261 e. The van der Waals surface area contributed by atoms with Crippen LogP contribution in [0.25, 0.3) is 22.4 Å². The van der Waals surface area contributed by atoms with Gasteiger partial charge in [0.05, 0.1) is 23.3 Å². The minimum absolute atomic E-state index is 0.0159. The number of hydrogen-bond acceptors (Lipinski definition) is 7. The van der Waals surface area contributed by atoms with Crippen LogP contribution in [0.2, 0.25) is 0 Å². The maximum absolute atomic E-state index is 13.1. The zero-order valence-corrected chi connectivity index (χ0v) is 24.1. The van der Waals surface area contributed by atoms with Gasteiger partial charge in [-0.1, -0.05) is 17.7 Å². The van der Waals surface area contributed by atoms with Gasteiger partial charge in [-0.3, -0.25) is 14.4 Å². The number of ether oxygens (including phenoxy) is 1. The molecule has 2 aliphatic rings. The van der Waals surface area contributed by atoms with Gasteiger partial charge in [0.25, 0.3) is 11.5 Å². The summed E-state index contributed by atoms with van der Waals surface area (Å²) in [4.78, 5) is 53.7. The molecule has 1 fully saturated rings. The topological polar surface area (TPSA) is 123 Å². The second kappa shape index (κ2) is 11.8. The molecule has 4 aromatic rings. The van der Waals surface area contributed by atoms with Crippen LogP contribution in [0.3, 0.4) is 0 Å². The van der Waals surface area contributed by atoms with Crippen molar-refractivity contribution in [2.75, 3.05) is 44.6 Å². The van der Waals surface area contributed by atoms with Crippen molar-refractivity contribution >= 4 is 28.4 Å². The standard InChI is InChI=1S/C32H36N6O4/c1-20-6-7-28(21(2)14-20)42-19-23(39)17-34-25-8-9-33-31(40)29(25)30-35-26-15-22-18-38(13-5-12-37-10-3-4-11-37)32(41)24(22)16-27(26)36-30/h6-9,14-16H,3-5,10-13,17-19H2,1-2H3,(H,35,36)(H2,33,34,40). The Morgan fingerprint density at radius 3 is 2.71 bits per heavy atom. The first kappa shape index (κ1) is 27.7. The van der Waals surface area contributed by atoms with Crippen LogP contribution < -0.4 is 15.6 Å². The molecule has 1 saturated heterocycles. The molecule has 0 aliphatic carbocycles. The maximum Gasteiger partial charge on any atom is 0.261 e. The molecule has 2 aliphatic heterocycles. The van der Waals surface area contributed by atoms with E-state index in [4.69, 9.17) is 4.74 Å². The van der Waals surface area contributed by atoms with Crippen molar-refractivity contribution in [2.24, 2.45) is 0 Å². The average Bonchev–Trinajstić information content (AvgIpc) is 3.70. The molecular weight excluding hydrogens is 532 g/mol. The Balaban J connectivity index is 1.13. The van der Waals surface area contributed by atoms with Gasteiger partial charge < -0.3 is 29.8 Å². The van der Waals surface area contributed by atoms with Gasteiger partial charge in [0.2, 0.25) is 0 Å². The van der Waals surface area contributed by atoms with Crippen molar-refractivity contribution in [1.82, 2.24) is 24.8 Å². The van der Waals surface area contributed by atoms with Crippen LogP contribution in [-0.2, 0) is 11.3 Å². The molecule has 0 radical (unpaired) electrons. The fourth-order valence-electron chi connectivity index (χ4n) is 5.90. The molecule has 0 atom stereocenters. The molecule has 10 nitrogen and oxygen atoms in total. The van der Waals surface area contributed by atoms with E-state index < -0.39 is 0 Å². The molecule has 4 heterocycles. The number of aromatic nitrogens is 3. The fraction of sp³-hybridized carbons (Fsp3) is 0.375. The first-order valence-corrected chi connectivity index (χ1v) is 14.6. The third kappa shape index (κ3) is 5.80. The summed E-state index contributed by atoms with van der Waals surface area (Å²) in [5.41, 5.74) is 5.51. The Bertz CT molecular complexity index is 1700. The van der Waals surface area contributed by atoms with Gasteiger partial charge in [-0.2, -0.15) is 0 Å². The number of ketones is 1. The van der Waals surface area contributed by atoms with Gasteiger partial charge in [0.15, 0.2) is 5.78 Å². The number of amides is 1. The van der Waals surface area contributed by atoms with Crippen LogP contribution in [0.15, 0.2) is 47.4 Å². The summed E-state index contributed by atoms with van der Waals surface area (Å²) in [6.45, 7) is 8.50. The third-order valence-electron chi connectivity index (χ3n) is 8.08. The van der Waals surface area contributed by atoms with E-state index in [1.165, 1.54) is 19.0 Å². The number of carbonyl (C=O) groups is 2. The van der Waals surface area contributed by atoms with Crippen LogP contribution in [0.4, 0.5) is 5.69 Å². The molecule has 1 amide bonds. The SMILES string of the molecule is Cc1ccc(OCC(=O)CNc2cc[nH]c(=O)c2-c2nc3cc4c(cc3[nH]2)CN(CCCN2CCCC2)C4=O)c(C)c1. The number of nitrogens with zero attached hydrogens (tertiary/aromatic N) is 3. The number of fused-ring (bicyclic) bond motifs is 2. The predicted octanol–water partition coefficient (Wildman–Crippen LogP) is 4.04. The van der Waals surface area contributed by atoms with Crippen LogP contribution in [-0.4, -0.2) is 75.8 Å². The predicted molar refractivity (Wildman–Crippen MR) is 162 cm³/mol. The number of likely N-dealkylation sites (tertiary alicyclic amines) is 1. The van der Waals surface area contributed by atoms with Crippen LogP contribution in [0, 0.1) is 13.8 Å². The second-order valence-corrected chi connectivity index (χ2v) is 11.3. The van der Waals surface area contributed by atoms with E-state index in [2.05, 4.69) is 25.2 Å². The Morgan fingerprint density at radius 2 is 1.90 bits per heavy atom. The van der Waals surface area contributed by atoms with E-state index >= 15 is 0 Å². The Labute approximate surface area is 244 Å². The molecule has 0 saturated carbocycles. The van der Waals surface area contributed by atoms with Crippen LogP contribution in [0.5, 0.6) is 5.75 Å². The lowest BCUT2D eigenvalue weighted by Gasteiger charge is -2.19. The number of hydrogen-bond donors (Lipinski definition) is 3. The quantitative estimate of drug-likeness (QED) is 0.250.